The van der Waals surface area contributed by atoms with Gasteiger partial charge in [0.15, 0.2) is 6.04 Å². The van der Waals surface area contributed by atoms with Crippen molar-refractivity contribution < 1.29 is 26.7 Å². The fourth-order valence-electron chi connectivity index (χ4n) is 7.58. The quantitative estimate of drug-likeness (QED) is 0.207. The van der Waals surface area contributed by atoms with E-state index in [-0.39, 0.29) is 29.1 Å². The summed E-state index contributed by atoms with van der Waals surface area (Å²) in [5.41, 5.74) is 7.02. The predicted octanol–water partition coefficient (Wildman–Crippen LogP) is 6.75. The van der Waals surface area contributed by atoms with Crippen molar-refractivity contribution in [2.45, 2.75) is 92.5 Å². The average molecular weight is 660 g/mol. The molecule has 3 fully saturated rings. The lowest BCUT2D eigenvalue weighted by molar-refractivity contribution is -0.149. The normalized spacial score (nSPS) is 22.4. The summed E-state index contributed by atoms with van der Waals surface area (Å²) in [5, 5.41) is 1.37. The molecular weight excluding hydrogens is 620 g/mol. The van der Waals surface area contributed by atoms with Crippen LogP contribution in [0.15, 0.2) is 95.9 Å². The molecule has 246 valence electrons. The number of nitrogens with one attached hydrogen (secondary N) is 1. The molecule has 4 aromatic carbocycles. The maximum Gasteiger partial charge on any atom is 0.298 e. The van der Waals surface area contributed by atoms with Crippen molar-refractivity contribution in [2.24, 2.45) is 5.73 Å². The van der Waals surface area contributed by atoms with E-state index in [0.717, 1.165) is 36.6 Å². The zero-order chi connectivity index (χ0) is 32.8. The first-order valence-corrected chi connectivity index (χ1v) is 17.9. The molecule has 7 nitrogen and oxygen atoms in total. The minimum atomic E-state index is -4.58. The van der Waals surface area contributed by atoms with Gasteiger partial charge in [0.2, 0.25) is 15.9 Å². The molecule has 2 unspecified atom stereocenters. The molecule has 7 rings (SSSR count). The van der Waals surface area contributed by atoms with E-state index in [4.69, 9.17) is 10.5 Å². The number of fused-ring (bicyclic) bond motifs is 3. The lowest BCUT2D eigenvalue weighted by Gasteiger charge is -2.41. The number of nitrogens with two attached hydrogens (primary N) is 1. The summed E-state index contributed by atoms with van der Waals surface area (Å²) in [6, 6.07) is 21.6. The molecule has 1 aliphatic carbocycles. The molecular formula is C37H39F2N3O4S. The van der Waals surface area contributed by atoms with Crippen molar-refractivity contribution in [3.8, 4) is 16.9 Å². The van der Waals surface area contributed by atoms with Gasteiger partial charge in [0, 0.05) is 23.7 Å². The summed E-state index contributed by atoms with van der Waals surface area (Å²) in [6.07, 6.45) is 6.75. The van der Waals surface area contributed by atoms with E-state index in [1.54, 1.807) is 36.4 Å². The molecule has 3 N–H and O–H groups in total. The van der Waals surface area contributed by atoms with Crippen molar-refractivity contribution in [1.82, 2.24) is 9.62 Å². The average Bonchev–Trinajstić information content (AvgIpc) is 3.68. The number of sulfonamides is 1. The molecule has 4 aromatic rings. The van der Waals surface area contributed by atoms with Crippen molar-refractivity contribution in [3.63, 3.8) is 0 Å². The Bertz CT molecular complexity index is 1870. The number of carbonyl (C=O) groups excluding carboxylic acids is 1. The van der Waals surface area contributed by atoms with Gasteiger partial charge in [0.05, 0.1) is 11.0 Å². The second-order valence-corrected chi connectivity index (χ2v) is 14.9. The van der Waals surface area contributed by atoms with Crippen LogP contribution in [-0.4, -0.2) is 49.5 Å². The van der Waals surface area contributed by atoms with Gasteiger partial charge in [-0.15, -0.1) is 0 Å². The van der Waals surface area contributed by atoms with Gasteiger partial charge in [0.1, 0.15) is 5.75 Å². The number of rotatable bonds is 9. The number of benzene rings is 4. The minimum Gasteiger partial charge on any atom is -0.490 e. The maximum atomic E-state index is 16.8. The highest BCUT2D eigenvalue weighted by Crippen LogP contribution is 2.41. The Morgan fingerprint density at radius 3 is 2.21 bits per heavy atom. The van der Waals surface area contributed by atoms with Gasteiger partial charge in [-0.25, -0.2) is 8.42 Å². The highest BCUT2D eigenvalue weighted by molar-refractivity contribution is 7.89. The Morgan fingerprint density at radius 1 is 0.830 bits per heavy atom. The molecule has 2 bridgehead atoms. The van der Waals surface area contributed by atoms with E-state index in [2.05, 4.69) is 4.72 Å². The SMILES string of the molecule is NC1CC2CCC(C1)N2C(=O)[C@@H](NS(=O)(=O)c1ccc2cc(OC3CCCC3)ccc2c1)C(F)(F)c1cccc(-c2ccccc2)c1. The number of carbonyl (C=O) groups is 1. The summed E-state index contributed by atoms with van der Waals surface area (Å²) in [6.45, 7) is 0. The first-order valence-electron chi connectivity index (χ1n) is 16.4. The summed E-state index contributed by atoms with van der Waals surface area (Å²) >= 11 is 0. The smallest absolute Gasteiger partial charge is 0.298 e. The molecule has 1 amide bonds. The molecule has 47 heavy (non-hydrogen) atoms. The summed E-state index contributed by atoms with van der Waals surface area (Å²) in [4.78, 5) is 15.5. The molecule has 2 saturated heterocycles. The van der Waals surface area contributed by atoms with Crippen molar-refractivity contribution in [1.29, 1.82) is 0 Å². The van der Waals surface area contributed by atoms with E-state index in [0.29, 0.717) is 42.4 Å². The van der Waals surface area contributed by atoms with Gasteiger partial charge >= 0.3 is 0 Å². The van der Waals surface area contributed by atoms with Gasteiger partial charge in [-0.1, -0.05) is 60.7 Å². The molecule has 0 radical (unpaired) electrons. The van der Waals surface area contributed by atoms with Gasteiger partial charge in [-0.05, 0) is 104 Å². The highest BCUT2D eigenvalue weighted by atomic mass is 32.2. The van der Waals surface area contributed by atoms with Crippen LogP contribution in [0.1, 0.15) is 56.9 Å². The molecule has 3 atom stereocenters. The predicted molar refractivity (Wildman–Crippen MR) is 178 cm³/mol. The van der Waals surface area contributed by atoms with Crippen molar-refractivity contribution >= 4 is 26.7 Å². The van der Waals surface area contributed by atoms with E-state index in [9.17, 15) is 13.2 Å². The monoisotopic (exact) mass is 659 g/mol. The highest BCUT2D eigenvalue weighted by Gasteiger charge is 2.53. The lowest BCUT2D eigenvalue weighted by Crippen LogP contribution is -2.60. The molecule has 10 heteroatoms. The summed E-state index contributed by atoms with van der Waals surface area (Å²) < 4.78 is 69.6. The number of piperidine rings is 1. The third kappa shape index (κ3) is 6.38. The van der Waals surface area contributed by atoms with Crippen molar-refractivity contribution in [3.05, 3.63) is 96.6 Å². The van der Waals surface area contributed by atoms with E-state index in [1.807, 2.05) is 24.3 Å². The Labute approximate surface area is 274 Å². The first-order chi connectivity index (χ1) is 22.6. The molecule has 1 saturated carbocycles. The van der Waals surface area contributed by atoms with Crippen LogP contribution in [0.25, 0.3) is 21.9 Å². The molecule has 2 aliphatic heterocycles. The third-order valence-corrected chi connectivity index (χ3v) is 11.4. The lowest BCUT2D eigenvalue weighted by atomic mass is 9.93. The van der Waals surface area contributed by atoms with E-state index in [1.165, 1.54) is 35.2 Å². The maximum absolute atomic E-state index is 16.8. The van der Waals surface area contributed by atoms with Crippen LogP contribution in [0.3, 0.4) is 0 Å². The zero-order valence-corrected chi connectivity index (χ0v) is 26.8. The topological polar surface area (TPSA) is 102 Å². The Hall–Kier alpha value is -3.86. The number of alkyl halides is 2. The minimum absolute atomic E-state index is 0.128. The second-order valence-electron chi connectivity index (χ2n) is 13.2. The van der Waals surface area contributed by atoms with Gasteiger partial charge in [0.25, 0.3) is 5.92 Å². The van der Waals surface area contributed by atoms with Gasteiger partial charge in [-0.3, -0.25) is 4.79 Å². The Morgan fingerprint density at radius 2 is 1.49 bits per heavy atom. The molecule has 0 aromatic heterocycles. The third-order valence-electron chi connectivity index (χ3n) is 9.96. The van der Waals surface area contributed by atoms with Crippen LogP contribution in [-0.2, 0) is 20.7 Å². The number of ether oxygens (including phenoxy) is 1. The summed E-state index contributed by atoms with van der Waals surface area (Å²) in [5.74, 6) is -4.10. The van der Waals surface area contributed by atoms with Crippen LogP contribution in [0, 0.1) is 0 Å². The molecule has 3 aliphatic rings. The van der Waals surface area contributed by atoms with Gasteiger partial charge < -0.3 is 15.4 Å². The van der Waals surface area contributed by atoms with Crippen LogP contribution >= 0.6 is 0 Å². The second kappa shape index (κ2) is 12.6. The Kier molecular flexibility index (Phi) is 8.53. The number of hydrogen-bond acceptors (Lipinski definition) is 5. The van der Waals surface area contributed by atoms with Crippen LogP contribution < -0.4 is 15.2 Å². The fraction of sp³-hybridized carbons (Fsp3) is 0.378. The first kappa shape index (κ1) is 31.7. The largest absolute Gasteiger partial charge is 0.490 e. The van der Waals surface area contributed by atoms with E-state index < -0.39 is 33.5 Å². The number of hydrogen-bond donors (Lipinski definition) is 2. The number of amides is 1. The zero-order valence-electron chi connectivity index (χ0n) is 26.0. The van der Waals surface area contributed by atoms with E-state index >= 15 is 8.78 Å². The van der Waals surface area contributed by atoms with Crippen LogP contribution in [0.2, 0.25) is 0 Å². The van der Waals surface area contributed by atoms with Crippen LogP contribution in [0.4, 0.5) is 8.78 Å². The number of nitrogens with zero attached hydrogens (tertiary/aromatic N) is 1. The van der Waals surface area contributed by atoms with Crippen LogP contribution in [0.5, 0.6) is 5.75 Å². The van der Waals surface area contributed by atoms with Crippen molar-refractivity contribution in [2.75, 3.05) is 0 Å². The summed E-state index contributed by atoms with van der Waals surface area (Å²) in [7, 11) is -4.58. The standard InChI is InChI=1S/C37H39F2N3O4S/c38-37(39,28-10-6-9-25(19-28)24-7-2-1-3-8-24)35(36(43)42-30-15-16-31(42)23-29(40)22-30)41-47(44,45)34-18-14-26-20-33(17-13-27(26)21-34)46-32-11-4-5-12-32/h1-3,6-10,13-14,17-21,29-32,35,41H,4-5,11-12,15-16,22-23,40H2/t29?,30?,31?,35-/m1/s1. The number of halogens is 2. The molecule has 0 spiro atoms. The molecule has 2 heterocycles. The van der Waals surface area contributed by atoms with Gasteiger partial charge in [-0.2, -0.15) is 13.5 Å². The fourth-order valence-corrected chi connectivity index (χ4v) is 8.80. The Balaban J connectivity index is 1.22.